The van der Waals surface area contributed by atoms with Crippen molar-refractivity contribution in [3.8, 4) is 22.6 Å². The van der Waals surface area contributed by atoms with Crippen LogP contribution in [0.15, 0.2) is 41.3 Å². The maximum Gasteiger partial charge on any atom is 0.116 e. The molecule has 0 aliphatic carbocycles. The number of hydrogen-bond acceptors (Lipinski definition) is 3. The topological polar surface area (TPSA) is 40.5 Å². The number of phenolic OH excluding ortho intramolecular Hbond substituents is 2. The predicted molar refractivity (Wildman–Crippen MR) is 64.8 cm³/mol. The van der Waals surface area contributed by atoms with Gasteiger partial charge in [-0.15, -0.1) is 11.8 Å². The first kappa shape index (κ1) is 9.60. The Morgan fingerprint density at radius 2 is 1.56 bits per heavy atom. The van der Waals surface area contributed by atoms with Gasteiger partial charge in [-0.2, -0.15) is 0 Å². The molecule has 2 nitrogen and oxygen atoms in total. The van der Waals surface area contributed by atoms with Crippen molar-refractivity contribution in [3.63, 3.8) is 0 Å². The summed E-state index contributed by atoms with van der Waals surface area (Å²) in [5.74, 6) is 1.44. The van der Waals surface area contributed by atoms with E-state index < -0.39 is 0 Å². The molecule has 2 N–H and O–H groups in total. The molecule has 1 heterocycles. The number of fused-ring (bicyclic) bond motifs is 3. The van der Waals surface area contributed by atoms with Gasteiger partial charge in [0.2, 0.25) is 0 Å². The summed E-state index contributed by atoms with van der Waals surface area (Å²) in [4.78, 5) is 1.10. The first-order chi connectivity index (χ1) is 7.74. The zero-order valence-electron chi connectivity index (χ0n) is 8.47. The van der Waals surface area contributed by atoms with Crippen molar-refractivity contribution < 1.29 is 10.2 Å². The smallest absolute Gasteiger partial charge is 0.116 e. The minimum absolute atomic E-state index is 0.300. The van der Waals surface area contributed by atoms with Crippen molar-refractivity contribution in [1.82, 2.24) is 0 Å². The second-order valence-electron chi connectivity index (χ2n) is 3.81. The van der Waals surface area contributed by atoms with E-state index in [9.17, 15) is 10.2 Å². The zero-order chi connectivity index (χ0) is 11.1. The van der Waals surface area contributed by atoms with E-state index in [1.54, 1.807) is 36.0 Å². The second-order valence-corrected chi connectivity index (χ2v) is 4.83. The third-order valence-electron chi connectivity index (χ3n) is 2.73. The molecule has 1 aliphatic rings. The molecule has 80 valence electrons. The summed E-state index contributed by atoms with van der Waals surface area (Å²) in [7, 11) is 0. The van der Waals surface area contributed by atoms with Gasteiger partial charge in [-0.05, 0) is 47.0 Å². The number of rotatable bonds is 0. The minimum atomic E-state index is 0.300. The number of phenols is 2. The van der Waals surface area contributed by atoms with Crippen molar-refractivity contribution in [3.05, 3.63) is 42.0 Å². The molecule has 3 rings (SSSR count). The van der Waals surface area contributed by atoms with Gasteiger partial charge in [-0.3, -0.25) is 0 Å². The van der Waals surface area contributed by atoms with Gasteiger partial charge in [0.25, 0.3) is 0 Å². The molecular formula is C13H10O2S. The Balaban J connectivity index is 2.23. The Morgan fingerprint density at radius 1 is 0.875 bits per heavy atom. The molecule has 0 atom stereocenters. The Bertz CT molecular complexity index is 512. The third kappa shape index (κ3) is 1.44. The van der Waals surface area contributed by atoms with Crippen molar-refractivity contribution >= 4 is 11.8 Å². The molecule has 0 aromatic heterocycles. The molecule has 0 saturated heterocycles. The van der Waals surface area contributed by atoms with Crippen LogP contribution in [0.1, 0.15) is 5.56 Å². The predicted octanol–water partition coefficient (Wildman–Crippen LogP) is 3.37. The van der Waals surface area contributed by atoms with Crippen LogP contribution in [0.4, 0.5) is 0 Å². The molecule has 1 aliphatic heterocycles. The standard InChI is InChI=1S/C13H10O2S/c14-9-1-3-11-8(5-9)7-16-13-6-10(15)2-4-12(11)13/h1-6,14-15H,7H2. The molecule has 0 amide bonds. The lowest BCUT2D eigenvalue weighted by atomic mass is 9.99. The van der Waals surface area contributed by atoms with Crippen molar-refractivity contribution in [2.24, 2.45) is 0 Å². The second kappa shape index (κ2) is 3.46. The minimum Gasteiger partial charge on any atom is -0.508 e. The molecule has 0 unspecified atom stereocenters. The van der Waals surface area contributed by atoms with E-state index in [2.05, 4.69) is 0 Å². The van der Waals surface area contributed by atoms with E-state index >= 15 is 0 Å². The molecule has 2 aromatic carbocycles. The first-order valence-electron chi connectivity index (χ1n) is 5.02. The van der Waals surface area contributed by atoms with E-state index in [1.807, 2.05) is 12.1 Å². The zero-order valence-corrected chi connectivity index (χ0v) is 9.29. The Kier molecular flexibility index (Phi) is 2.07. The molecule has 0 fully saturated rings. The Hall–Kier alpha value is -1.61. The lowest BCUT2D eigenvalue weighted by molar-refractivity contribution is 0.473. The van der Waals surface area contributed by atoms with Crippen molar-refractivity contribution in [1.29, 1.82) is 0 Å². The quantitative estimate of drug-likeness (QED) is 0.729. The highest BCUT2D eigenvalue weighted by Gasteiger charge is 2.16. The monoisotopic (exact) mass is 230 g/mol. The first-order valence-corrected chi connectivity index (χ1v) is 6.01. The van der Waals surface area contributed by atoms with Crippen LogP contribution in [0.3, 0.4) is 0 Å². The number of aromatic hydroxyl groups is 2. The van der Waals surface area contributed by atoms with Gasteiger partial charge in [0, 0.05) is 10.6 Å². The molecule has 16 heavy (non-hydrogen) atoms. The summed E-state index contributed by atoms with van der Waals surface area (Å²) >= 11 is 1.68. The van der Waals surface area contributed by atoms with E-state index in [0.717, 1.165) is 27.3 Å². The summed E-state index contributed by atoms with van der Waals surface area (Å²) in [5, 5.41) is 18.9. The van der Waals surface area contributed by atoms with Gasteiger partial charge >= 0.3 is 0 Å². The molecule has 0 radical (unpaired) electrons. The molecule has 0 spiro atoms. The lowest BCUT2D eigenvalue weighted by Gasteiger charge is -2.19. The van der Waals surface area contributed by atoms with Gasteiger partial charge in [-0.1, -0.05) is 6.07 Å². The maximum absolute atomic E-state index is 9.43. The van der Waals surface area contributed by atoms with Gasteiger partial charge in [0.05, 0.1) is 0 Å². The molecule has 0 saturated carbocycles. The van der Waals surface area contributed by atoms with E-state index in [4.69, 9.17) is 0 Å². The van der Waals surface area contributed by atoms with Crippen LogP contribution in [0.25, 0.3) is 11.1 Å². The highest BCUT2D eigenvalue weighted by Crippen LogP contribution is 2.43. The summed E-state index contributed by atoms with van der Waals surface area (Å²) in [6.45, 7) is 0. The average molecular weight is 230 g/mol. The van der Waals surface area contributed by atoms with E-state index in [0.29, 0.717) is 11.5 Å². The third-order valence-corrected chi connectivity index (χ3v) is 3.83. The van der Waals surface area contributed by atoms with Crippen LogP contribution < -0.4 is 0 Å². The van der Waals surface area contributed by atoms with Crippen molar-refractivity contribution in [2.75, 3.05) is 0 Å². The number of thioether (sulfide) groups is 1. The largest absolute Gasteiger partial charge is 0.508 e. The fourth-order valence-corrected chi connectivity index (χ4v) is 3.06. The summed E-state index contributed by atoms with van der Waals surface area (Å²) < 4.78 is 0. The molecule has 2 aromatic rings. The van der Waals surface area contributed by atoms with Crippen LogP contribution in [0.2, 0.25) is 0 Å². The lowest BCUT2D eigenvalue weighted by Crippen LogP contribution is -1.95. The number of benzene rings is 2. The van der Waals surface area contributed by atoms with E-state index in [1.165, 1.54) is 0 Å². The van der Waals surface area contributed by atoms with Crippen molar-refractivity contribution in [2.45, 2.75) is 10.6 Å². The fourth-order valence-electron chi connectivity index (χ4n) is 1.97. The average Bonchev–Trinajstić information content (AvgIpc) is 2.28. The van der Waals surface area contributed by atoms with Crippen LogP contribution in [-0.2, 0) is 5.75 Å². The molecular weight excluding hydrogens is 220 g/mol. The Labute approximate surface area is 97.6 Å². The summed E-state index contributed by atoms with van der Waals surface area (Å²) in [6.07, 6.45) is 0. The maximum atomic E-state index is 9.43. The van der Waals surface area contributed by atoms with Gasteiger partial charge in [0.1, 0.15) is 11.5 Å². The van der Waals surface area contributed by atoms with Gasteiger partial charge in [-0.25, -0.2) is 0 Å². The Morgan fingerprint density at radius 3 is 2.38 bits per heavy atom. The van der Waals surface area contributed by atoms with Gasteiger partial charge < -0.3 is 10.2 Å². The number of hydrogen-bond donors (Lipinski definition) is 2. The fraction of sp³-hybridized carbons (Fsp3) is 0.0769. The molecule has 0 bridgehead atoms. The van der Waals surface area contributed by atoms with Crippen LogP contribution in [0, 0.1) is 0 Å². The normalized spacial score (nSPS) is 13.0. The highest BCUT2D eigenvalue weighted by molar-refractivity contribution is 7.98. The SMILES string of the molecule is Oc1ccc2c(c1)CSc1cc(O)ccc1-2. The van der Waals surface area contributed by atoms with Gasteiger partial charge in [0.15, 0.2) is 0 Å². The van der Waals surface area contributed by atoms with Crippen LogP contribution in [0.5, 0.6) is 11.5 Å². The summed E-state index contributed by atoms with van der Waals surface area (Å²) in [5.41, 5.74) is 3.42. The highest BCUT2D eigenvalue weighted by atomic mass is 32.2. The van der Waals surface area contributed by atoms with Crippen LogP contribution in [-0.4, -0.2) is 10.2 Å². The summed E-state index contributed by atoms with van der Waals surface area (Å²) in [6, 6.07) is 10.8. The van der Waals surface area contributed by atoms with E-state index in [-0.39, 0.29) is 0 Å². The van der Waals surface area contributed by atoms with Crippen LogP contribution >= 0.6 is 11.8 Å². The molecule has 3 heteroatoms.